The number of aromatic nitrogens is 9. The molecular formula is C19H21N11O2. The lowest BCUT2D eigenvalue weighted by Crippen LogP contribution is -2.38. The Hall–Kier alpha value is -4.03. The average molecular weight is 435 g/mol. The van der Waals surface area contributed by atoms with Crippen molar-refractivity contribution in [1.29, 1.82) is 0 Å². The van der Waals surface area contributed by atoms with Crippen LogP contribution >= 0.6 is 0 Å². The number of fused-ring (bicyclic) bond motifs is 1. The highest BCUT2D eigenvalue weighted by molar-refractivity contribution is 5.81. The average Bonchev–Trinajstić information content (AvgIpc) is 3.29. The van der Waals surface area contributed by atoms with Crippen molar-refractivity contribution in [2.45, 2.75) is 37.3 Å². The second-order valence-electron chi connectivity index (χ2n) is 8.08. The van der Waals surface area contributed by atoms with Crippen molar-refractivity contribution in [3.63, 3.8) is 0 Å². The molecule has 1 aliphatic heterocycles. The van der Waals surface area contributed by atoms with Crippen LogP contribution in [0, 0.1) is 0 Å². The van der Waals surface area contributed by atoms with Crippen molar-refractivity contribution >= 4 is 29.1 Å². The summed E-state index contributed by atoms with van der Waals surface area (Å²) < 4.78 is 8.43. The van der Waals surface area contributed by atoms with E-state index in [1.54, 1.807) is 15.5 Å². The predicted molar refractivity (Wildman–Crippen MR) is 111 cm³/mol. The van der Waals surface area contributed by atoms with Crippen LogP contribution in [-0.2, 0) is 9.53 Å². The fourth-order valence-corrected chi connectivity index (χ4v) is 4.18. The van der Waals surface area contributed by atoms with Gasteiger partial charge in [0.2, 0.25) is 5.95 Å². The normalized spacial score (nSPS) is 20.7. The van der Waals surface area contributed by atoms with E-state index in [-0.39, 0.29) is 12.0 Å². The van der Waals surface area contributed by atoms with Gasteiger partial charge in [0.1, 0.15) is 17.9 Å². The van der Waals surface area contributed by atoms with E-state index in [1.807, 2.05) is 29.3 Å². The highest BCUT2D eigenvalue weighted by atomic mass is 16.5. The summed E-state index contributed by atoms with van der Waals surface area (Å²) in [4.78, 5) is 19.2. The van der Waals surface area contributed by atoms with Crippen LogP contribution in [-0.4, -0.2) is 70.7 Å². The monoisotopic (exact) mass is 435 g/mol. The lowest BCUT2D eigenvalue weighted by atomic mass is 10.2. The summed E-state index contributed by atoms with van der Waals surface area (Å²) in [5.74, 6) is 1.91. The van der Waals surface area contributed by atoms with Gasteiger partial charge in [-0.1, -0.05) is 0 Å². The molecule has 13 nitrogen and oxygen atoms in total. The molecule has 5 heterocycles. The molecule has 0 amide bonds. The number of nitrogens with one attached hydrogen (secondary N) is 2. The number of H-pyrrole nitrogens is 1. The summed E-state index contributed by atoms with van der Waals surface area (Å²) in [7, 11) is 1.38. The SMILES string of the molecule is COC(=O)[C@@H]1C[C@H](n2cnnn2)CN1c1nc(Nc2cc(C3CC3)[nH]n2)c2cccn2n1. The van der Waals surface area contributed by atoms with E-state index in [0.717, 1.165) is 11.2 Å². The first-order valence-electron chi connectivity index (χ1n) is 10.4. The van der Waals surface area contributed by atoms with Crippen LogP contribution in [0.4, 0.5) is 17.6 Å². The van der Waals surface area contributed by atoms with Crippen LogP contribution in [0.15, 0.2) is 30.7 Å². The fraction of sp³-hybridized carbons (Fsp3) is 0.421. The standard InChI is InChI=1S/C19H21N11O2/c1-32-18(31)15-7-12(30-10-20-26-27-30)9-28(15)19-22-17(14-3-2-6-29(14)25-19)21-16-8-13(23-24-16)11-4-5-11/h2-3,6,8,10-12,15H,4-5,7,9H2,1H3,(H2,21,22,23,24,25)/t12-,15-/m0/s1. The number of nitrogens with zero attached hydrogens (tertiary/aromatic N) is 9. The summed E-state index contributed by atoms with van der Waals surface area (Å²) in [6, 6.07) is 5.17. The lowest BCUT2D eigenvalue weighted by Gasteiger charge is -2.23. The Labute approximate surface area is 181 Å². The molecule has 1 aliphatic carbocycles. The molecule has 1 saturated carbocycles. The van der Waals surface area contributed by atoms with Gasteiger partial charge in [-0.05, 0) is 35.4 Å². The van der Waals surface area contributed by atoms with Gasteiger partial charge in [0.05, 0.1) is 13.2 Å². The Kier molecular flexibility index (Phi) is 4.26. The fourth-order valence-electron chi connectivity index (χ4n) is 4.18. The molecule has 6 rings (SSSR count). The smallest absolute Gasteiger partial charge is 0.328 e. The van der Waals surface area contributed by atoms with Crippen molar-refractivity contribution in [2.24, 2.45) is 0 Å². The molecule has 0 bridgehead atoms. The molecule has 0 unspecified atom stereocenters. The molecule has 2 aliphatic rings. The zero-order valence-corrected chi connectivity index (χ0v) is 17.3. The van der Waals surface area contributed by atoms with Gasteiger partial charge in [-0.15, -0.1) is 10.2 Å². The maximum Gasteiger partial charge on any atom is 0.328 e. The summed E-state index contributed by atoms with van der Waals surface area (Å²) in [5.41, 5.74) is 1.93. The molecule has 0 spiro atoms. The number of hydrogen-bond donors (Lipinski definition) is 2. The number of rotatable bonds is 6. The molecule has 32 heavy (non-hydrogen) atoms. The first-order chi connectivity index (χ1) is 15.7. The van der Waals surface area contributed by atoms with Gasteiger partial charge in [-0.25, -0.2) is 14.0 Å². The summed E-state index contributed by atoms with van der Waals surface area (Å²) in [6.45, 7) is 0.464. The molecule has 164 valence electrons. The zero-order valence-electron chi connectivity index (χ0n) is 17.3. The number of methoxy groups -OCH3 is 1. The minimum absolute atomic E-state index is 0.109. The van der Waals surface area contributed by atoms with Crippen LogP contribution < -0.4 is 10.2 Å². The van der Waals surface area contributed by atoms with Crippen LogP contribution in [0.1, 0.15) is 36.9 Å². The van der Waals surface area contributed by atoms with Crippen molar-refractivity contribution < 1.29 is 9.53 Å². The number of tetrazole rings is 1. The molecule has 4 aromatic rings. The second-order valence-corrected chi connectivity index (χ2v) is 8.08. The van der Waals surface area contributed by atoms with Crippen molar-refractivity contribution in [3.05, 3.63) is 36.4 Å². The first kappa shape index (κ1) is 18.7. The minimum atomic E-state index is -0.554. The van der Waals surface area contributed by atoms with Gasteiger partial charge in [-0.2, -0.15) is 10.1 Å². The third kappa shape index (κ3) is 3.21. The van der Waals surface area contributed by atoms with Gasteiger partial charge < -0.3 is 15.0 Å². The number of carbonyl (C=O) groups excluding carboxylic acids is 1. The van der Waals surface area contributed by atoms with Gasteiger partial charge in [0.25, 0.3) is 0 Å². The van der Waals surface area contributed by atoms with Gasteiger partial charge in [0.15, 0.2) is 11.6 Å². The summed E-state index contributed by atoms with van der Waals surface area (Å²) >= 11 is 0. The van der Waals surface area contributed by atoms with E-state index in [2.05, 4.69) is 36.1 Å². The Morgan fingerprint density at radius 1 is 1.34 bits per heavy atom. The van der Waals surface area contributed by atoms with E-state index >= 15 is 0 Å². The van der Waals surface area contributed by atoms with Crippen molar-refractivity contribution in [3.8, 4) is 0 Å². The van der Waals surface area contributed by atoms with Crippen LogP contribution in [0.3, 0.4) is 0 Å². The van der Waals surface area contributed by atoms with Crippen molar-refractivity contribution in [2.75, 3.05) is 23.9 Å². The van der Waals surface area contributed by atoms with Crippen LogP contribution in [0.5, 0.6) is 0 Å². The Balaban J connectivity index is 1.36. The Morgan fingerprint density at radius 2 is 2.25 bits per heavy atom. The number of esters is 1. The summed E-state index contributed by atoms with van der Waals surface area (Å²) in [5, 5.41) is 26.8. The minimum Gasteiger partial charge on any atom is -0.467 e. The highest BCUT2D eigenvalue weighted by Gasteiger charge is 2.41. The number of anilines is 3. The molecule has 0 radical (unpaired) electrons. The third-order valence-corrected chi connectivity index (χ3v) is 5.99. The number of carbonyl (C=O) groups is 1. The molecule has 2 N–H and O–H groups in total. The Morgan fingerprint density at radius 3 is 3.03 bits per heavy atom. The van der Waals surface area contributed by atoms with Crippen LogP contribution in [0.25, 0.3) is 5.52 Å². The third-order valence-electron chi connectivity index (χ3n) is 5.99. The molecule has 2 atom stereocenters. The first-order valence-corrected chi connectivity index (χ1v) is 10.4. The lowest BCUT2D eigenvalue weighted by molar-refractivity contribution is -0.142. The maximum absolute atomic E-state index is 12.6. The quantitative estimate of drug-likeness (QED) is 0.422. The summed E-state index contributed by atoms with van der Waals surface area (Å²) in [6.07, 6.45) is 6.25. The Bertz CT molecular complexity index is 1260. The number of aromatic amines is 1. The van der Waals surface area contributed by atoms with E-state index in [0.29, 0.717) is 36.5 Å². The van der Waals surface area contributed by atoms with E-state index in [9.17, 15) is 4.79 Å². The number of hydrogen-bond acceptors (Lipinski definition) is 10. The van der Waals surface area contributed by atoms with Crippen molar-refractivity contribution in [1.82, 2.24) is 45.0 Å². The predicted octanol–water partition coefficient (Wildman–Crippen LogP) is 1.05. The molecule has 1 saturated heterocycles. The van der Waals surface area contributed by atoms with Gasteiger partial charge in [0, 0.05) is 36.8 Å². The molecule has 4 aromatic heterocycles. The second kappa shape index (κ2) is 7.28. The molecule has 0 aromatic carbocycles. The van der Waals surface area contributed by atoms with E-state index in [4.69, 9.17) is 9.72 Å². The van der Waals surface area contributed by atoms with E-state index < -0.39 is 6.04 Å². The topological polar surface area (TPSA) is 144 Å². The maximum atomic E-state index is 12.6. The number of ether oxygens (including phenoxy) is 1. The van der Waals surface area contributed by atoms with E-state index in [1.165, 1.54) is 20.0 Å². The highest BCUT2D eigenvalue weighted by Crippen LogP contribution is 2.40. The molecular weight excluding hydrogens is 414 g/mol. The largest absolute Gasteiger partial charge is 0.467 e. The molecule has 13 heteroatoms. The molecule has 2 fully saturated rings. The van der Waals surface area contributed by atoms with Gasteiger partial charge >= 0.3 is 5.97 Å². The van der Waals surface area contributed by atoms with Gasteiger partial charge in [-0.3, -0.25) is 5.10 Å². The zero-order chi connectivity index (χ0) is 21.7. The van der Waals surface area contributed by atoms with Crippen LogP contribution in [0.2, 0.25) is 0 Å².